The molecule has 0 N–H and O–H groups in total. The Hall–Kier alpha value is 0.0700. The normalized spacial score (nSPS) is 32.3. The molecular formula is C9H17O5P. The fourth-order valence-electron chi connectivity index (χ4n) is 1.16. The second-order valence-corrected chi connectivity index (χ2v) is 6.02. The van der Waals surface area contributed by atoms with Crippen LogP contribution in [0, 0.1) is 0 Å². The van der Waals surface area contributed by atoms with E-state index in [2.05, 4.69) is 0 Å². The van der Waals surface area contributed by atoms with Crippen molar-refractivity contribution in [2.75, 3.05) is 32.6 Å². The van der Waals surface area contributed by atoms with E-state index in [9.17, 15) is 4.57 Å². The highest BCUT2D eigenvalue weighted by Gasteiger charge is 2.32. The minimum atomic E-state index is -2.91. The molecule has 6 heteroatoms. The Balaban J connectivity index is 1.73. The molecule has 2 aliphatic rings. The first-order valence-corrected chi connectivity index (χ1v) is 7.06. The Morgan fingerprint density at radius 3 is 2.00 bits per heavy atom. The van der Waals surface area contributed by atoms with Crippen LogP contribution in [0.4, 0.5) is 0 Å². The quantitative estimate of drug-likeness (QED) is 0.471. The van der Waals surface area contributed by atoms with Gasteiger partial charge in [0.05, 0.1) is 26.4 Å². The number of ether oxygens (including phenoxy) is 2. The van der Waals surface area contributed by atoms with E-state index in [1.54, 1.807) is 0 Å². The third-order valence-corrected chi connectivity index (χ3v) is 4.30. The van der Waals surface area contributed by atoms with Crippen LogP contribution in [0.2, 0.25) is 0 Å². The molecule has 2 aliphatic heterocycles. The minimum absolute atomic E-state index is 0.121. The maximum atomic E-state index is 12.1. The van der Waals surface area contributed by atoms with Gasteiger partial charge < -0.3 is 18.5 Å². The standard InChI is InChI=1S/C9H17O5P/c1-2-3-15(10,13-6-8-4-11-8)14-7-9-5-12-9/h8-9H,2-7H2,1H3. The number of rotatable bonds is 8. The summed E-state index contributed by atoms with van der Waals surface area (Å²) < 4.78 is 32.8. The molecule has 0 spiro atoms. The molecule has 2 saturated heterocycles. The molecule has 0 aliphatic carbocycles. The van der Waals surface area contributed by atoms with E-state index in [0.29, 0.717) is 32.6 Å². The Kier molecular flexibility index (Phi) is 3.80. The van der Waals surface area contributed by atoms with Gasteiger partial charge in [-0.2, -0.15) is 0 Å². The molecule has 2 unspecified atom stereocenters. The van der Waals surface area contributed by atoms with Gasteiger partial charge in [-0.05, 0) is 6.42 Å². The van der Waals surface area contributed by atoms with Crippen molar-refractivity contribution in [3.05, 3.63) is 0 Å². The monoisotopic (exact) mass is 236 g/mol. The zero-order chi connectivity index (χ0) is 10.7. The van der Waals surface area contributed by atoms with Crippen LogP contribution in [-0.2, 0) is 23.1 Å². The van der Waals surface area contributed by atoms with E-state index in [4.69, 9.17) is 18.5 Å². The lowest BCUT2D eigenvalue weighted by atomic mass is 10.5. The predicted molar refractivity (Wildman–Crippen MR) is 54.1 cm³/mol. The van der Waals surface area contributed by atoms with E-state index >= 15 is 0 Å². The second kappa shape index (κ2) is 4.93. The van der Waals surface area contributed by atoms with Crippen LogP contribution < -0.4 is 0 Å². The van der Waals surface area contributed by atoms with Crippen LogP contribution in [0.5, 0.6) is 0 Å². The summed E-state index contributed by atoms with van der Waals surface area (Å²) in [5.41, 5.74) is 0. The first-order valence-electron chi connectivity index (χ1n) is 5.33. The Labute approximate surface area is 89.6 Å². The molecule has 88 valence electrons. The number of epoxide rings is 2. The zero-order valence-corrected chi connectivity index (χ0v) is 9.78. The van der Waals surface area contributed by atoms with Gasteiger partial charge in [0.2, 0.25) is 0 Å². The summed E-state index contributed by atoms with van der Waals surface area (Å²) in [6, 6.07) is 0. The first kappa shape index (κ1) is 11.6. The molecule has 0 aromatic rings. The van der Waals surface area contributed by atoms with Gasteiger partial charge in [-0.15, -0.1) is 0 Å². The number of hydrogen-bond donors (Lipinski definition) is 0. The van der Waals surface area contributed by atoms with Gasteiger partial charge in [-0.1, -0.05) is 6.92 Å². The maximum Gasteiger partial charge on any atom is 0.330 e. The zero-order valence-electron chi connectivity index (χ0n) is 8.89. The summed E-state index contributed by atoms with van der Waals surface area (Å²) >= 11 is 0. The lowest BCUT2D eigenvalue weighted by Crippen LogP contribution is -2.08. The van der Waals surface area contributed by atoms with Crippen LogP contribution in [0.1, 0.15) is 13.3 Å². The third-order valence-electron chi connectivity index (χ3n) is 2.22. The van der Waals surface area contributed by atoms with Crippen molar-refractivity contribution in [2.45, 2.75) is 25.6 Å². The van der Waals surface area contributed by atoms with E-state index in [1.165, 1.54) is 0 Å². The van der Waals surface area contributed by atoms with Crippen LogP contribution in [0.25, 0.3) is 0 Å². The first-order chi connectivity index (χ1) is 7.22. The minimum Gasteiger partial charge on any atom is -0.371 e. The van der Waals surface area contributed by atoms with Gasteiger partial charge in [-0.3, -0.25) is 4.57 Å². The summed E-state index contributed by atoms with van der Waals surface area (Å²) in [4.78, 5) is 0. The molecule has 0 aromatic heterocycles. The average molecular weight is 236 g/mol. The highest BCUT2D eigenvalue weighted by molar-refractivity contribution is 7.53. The summed E-state index contributed by atoms with van der Waals surface area (Å²) in [6.45, 7) is 4.13. The van der Waals surface area contributed by atoms with Gasteiger partial charge >= 0.3 is 7.60 Å². The van der Waals surface area contributed by atoms with Gasteiger partial charge in [0.25, 0.3) is 0 Å². The summed E-state index contributed by atoms with van der Waals surface area (Å²) in [5.74, 6) is 0. The molecular weight excluding hydrogens is 219 g/mol. The van der Waals surface area contributed by atoms with E-state index < -0.39 is 7.60 Å². The molecule has 15 heavy (non-hydrogen) atoms. The SMILES string of the molecule is CCCP(=O)(OCC1CO1)OCC1CO1. The number of hydrogen-bond acceptors (Lipinski definition) is 5. The maximum absolute atomic E-state index is 12.1. The molecule has 2 heterocycles. The van der Waals surface area contributed by atoms with Crippen molar-refractivity contribution in [2.24, 2.45) is 0 Å². The van der Waals surface area contributed by atoms with Crippen LogP contribution in [-0.4, -0.2) is 44.8 Å². The molecule has 2 atom stereocenters. The van der Waals surface area contributed by atoms with Crippen molar-refractivity contribution in [1.82, 2.24) is 0 Å². The van der Waals surface area contributed by atoms with Crippen molar-refractivity contribution >= 4 is 7.60 Å². The Morgan fingerprint density at radius 2 is 1.67 bits per heavy atom. The third kappa shape index (κ3) is 4.21. The fraction of sp³-hybridized carbons (Fsp3) is 1.00. The van der Waals surface area contributed by atoms with E-state index in [-0.39, 0.29) is 12.2 Å². The van der Waals surface area contributed by atoms with Crippen LogP contribution in [0.15, 0.2) is 0 Å². The largest absolute Gasteiger partial charge is 0.371 e. The molecule has 0 amide bonds. The summed E-state index contributed by atoms with van der Waals surface area (Å²) in [5, 5.41) is 0. The summed E-state index contributed by atoms with van der Waals surface area (Å²) in [6.07, 6.45) is 1.49. The van der Waals surface area contributed by atoms with E-state index in [0.717, 1.165) is 6.42 Å². The smallest absolute Gasteiger partial charge is 0.330 e. The molecule has 0 aromatic carbocycles. The highest BCUT2D eigenvalue weighted by Crippen LogP contribution is 2.49. The van der Waals surface area contributed by atoms with Crippen LogP contribution >= 0.6 is 7.60 Å². The molecule has 5 nitrogen and oxygen atoms in total. The van der Waals surface area contributed by atoms with Gasteiger partial charge in [0.15, 0.2) is 0 Å². The van der Waals surface area contributed by atoms with Gasteiger partial charge in [0.1, 0.15) is 12.2 Å². The van der Waals surface area contributed by atoms with Crippen LogP contribution in [0.3, 0.4) is 0 Å². The second-order valence-electron chi connectivity index (χ2n) is 3.84. The molecule has 0 radical (unpaired) electrons. The van der Waals surface area contributed by atoms with Crippen molar-refractivity contribution < 1.29 is 23.1 Å². The highest BCUT2D eigenvalue weighted by atomic mass is 31.2. The van der Waals surface area contributed by atoms with Crippen molar-refractivity contribution in [1.29, 1.82) is 0 Å². The van der Waals surface area contributed by atoms with Crippen molar-refractivity contribution in [3.63, 3.8) is 0 Å². The lowest BCUT2D eigenvalue weighted by Gasteiger charge is -2.16. The molecule has 0 saturated carbocycles. The van der Waals surface area contributed by atoms with Gasteiger partial charge in [0, 0.05) is 6.16 Å². The Morgan fingerprint density at radius 1 is 1.20 bits per heavy atom. The van der Waals surface area contributed by atoms with Gasteiger partial charge in [-0.25, -0.2) is 0 Å². The molecule has 0 bridgehead atoms. The van der Waals surface area contributed by atoms with Crippen molar-refractivity contribution in [3.8, 4) is 0 Å². The molecule has 2 fully saturated rings. The van der Waals surface area contributed by atoms with E-state index in [1.807, 2.05) is 6.92 Å². The molecule has 2 rings (SSSR count). The summed E-state index contributed by atoms with van der Waals surface area (Å²) in [7, 11) is -2.91. The fourth-order valence-corrected chi connectivity index (χ4v) is 2.83. The topological polar surface area (TPSA) is 60.6 Å². The predicted octanol–water partition coefficient (Wildman–Crippen LogP) is 1.42. The Bertz CT molecular complexity index is 229. The average Bonchev–Trinajstić information content (AvgIpc) is 3.05. The lowest BCUT2D eigenvalue weighted by molar-refractivity contribution is 0.177.